The number of ether oxygens (including phenoxy) is 3. The second-order valence-electron chi connectivity index (χ2n) is 7.21. The zero-order chi connectivity index (χ0) is 19.8. The fourth-order valence-corrected chi connectivity index (χ4v) is 3.55. The largest absolute Gasteiger partial charge is 0.493 e. The van der Waals surface area contributed by atoms with Crippen LogP contribution < -0.4 is 14.2 Å². The van der Waals surface area contributed by atoms with Crippen LogP contribution in [0.4, 0.5) is 0 Å². The van der Waals surface area contributed by atoms with E-state index in [0.29, 0.717) is 23.3 Å². The Labute approximate surface area is 163 Å². The van der Waals surface area contributed by atoms with E-state index in [1.807, 2.05) is 12.1 Å². The summed E-state index contributed by atoms with van der Waals surface area (Å²) in [5.74, 6) is 1.98. The van der Waals surface area contributed by atoms with Crippen molar-refractivity contribution in [2.24, 2.45) is 0 Å². The van der Waals surface area contributed by atoms with Gasteiger partial charge in [-0.05, 0) is 38.0 Å². The maximum atomic E-state index is 9.48. The van der Waals surface area contributed by atoms with Crippen LogP contribution in [0.1, 0.15) is 25.8 Å². The SMILES string of the molecule is COc1cc(CN2CCN(CC=C(C)C)C(CCO)C2)cc(OC)c1OC. The molecule has 0 radical (unpaired) electrons. The number of aliphatic hydroxyl groups excluding tert-OH is 1. The Kier molecular flexibility index (Phi) is 8.41. The summed E-state index contributed by atoms with van der Waals surface area (Å²) in [5, 5.41) is 9.48. The monoisotopic (exact) mass is 378 g/mol. The molecule has 6 nitrogen and oxygen atoms in total. The van der Waals surface area contributed by atoms with Crippen molar-refractivity contribution in [1.29, 1.82) is 0 Å². The molecule has 0 amide bonds. The third-order valence-electron chi connectivity index (χ3n) is 5.02. The van der Waals surface area contributed by atoms with Crippen LogP contribution in [0.15, 0.2) is 23.8 Å². The van der Waals surface area contributed by atoms with E-state index < -0.39 is 0 Å². The Morgan fingerprint density at radius 1 is 1.11 bits per heavy atom. The topological polar surface area (TPSA) is 54.4 Å². The Morgan fingerprint density at radius 2 is 1.78 bits per heavy atom. The van der Waals surface area contributed by atoms with Crippen molar-refractivity contribution < 1.29 is 19.3 Å². The number of benzene rings is 1. The van der Waals surface area contributed by atoms with Crippen LogP contribution in [0.5, 0.6) is 17.2 Å². The van der Waals surface area contributed by atoms with Crippen LogP contribution in [0, 0.1) is 0 Å². The van der Waals surface area contributed by atoms with Gasteiger partial charge in [0.05, 0.1) is 21.3 Å². The fraction of sp³-hybridized carbons (Fsp3) is 0.619. The average molecular weight is 379 g/mol. The molecule has 0 spiro atoms. The molecule has 1 aromatic rings. The van der Waals surface area contributed by atoms with Crippen molar-refractivity contribution in [2.75, 3.05) is 54.1 Å². The Bertz CT molecular complexity index is 604. The molecule has 0 aromatic heterocycles. The van der Waals surface area contributed by atoms with Crippen LogP contribution in [0.3, 0.4) is 0 Å². The van der Waals surface area contributed by atoms with E-state index >= 15 is 0 Å². The van der Waals surface area contributed by atoms with Crippen LogP contribution in [-0.2, 0) is 6.54 Å². The van der Waals surface area contributed by atoms with Crippen LogP contribution >= 0.6 is 0 Å². The highest BCUT2D eigenvalue weighted by atomic mass is 16.5. The van der Waals surface area contributed by atoms with E-state index in [9.17, 15) is 5.11 Å². The van der Waals surface area contributed by atoms with Gasteiger partial charge in [-0.3, -0.25) is 9.80 Å². The molecule has 6 heteroatoms. The minimum Gasteiger partial charge on any atom is -0.493 e. The molecule has 1 aromatic carbocycles. The summed E-state index contributed by atoms with van der Waals surface area (Å²) in [6, 6.07) is 4.39. The maximum Gasteiger partial charge on any atom is 0.203 e. The molecule has 0 aliphatic carbocycles. The molecular weight excluding hydrogens is 344 g/mol. The van der Waals surface area contributed by atoms with Crippen molar-refractivity contribution in [3.8, 4) is 17.2 Å². The first-order chi connectivity index (χ1) is 13.0. The van der Waals surface area contributed by atoms with Crippen LogP contribution in [0.2, 0.25) is 0 Å². The van der Waals surface area contributed by atoms with E-state index in [1.54, 1.807) is 21.3 Å². The highest BCUT2D eigenvalue weighted by Gasteiger charge is 2.26. The molecule has 1 saturated heterocycles. The molecule has 1 heterocycles. The predicted molar refractivity (Wildman–Crippen MR) is 108 cm³/mol. The number of aliphatic hydroxyl groups is 1. The van der Waals surface area contributed by atoms with Crippen molar-refractivity contribution in [3.05, 3.63) is 29.3 Å². The number of rotatable bonds is 9. The van der Waals surface area contributed by atoms with Gasteiger partial charge >= 0.3 is 0 Å². The first-order valence-electron chi connectivity index (χ1n) is 9.51. The first kappa shape index (κ1) is 21.5. The number of hydrogen-bond acceptors (Lipinski definition) is 6. The number of piperazine rings is 1. The molecular formula is C21H34N2O4. The smallest absolute Gasteiger partial charge is 0.203 e. The third-order valence-corrected chi connectivity index (χ3v) is 5.02. The van der Waals surface area contributed by atoms with Gasteiger partial charge in [0.1, 0.15) is 0 Å². The second kappa shape index (κ2) is 10.5. The third kappa shape index (κ3) is 5.86. The van der Waals surface area contributed by atoms with Crippen molar-refractivity contribution in [1.82, 2.24) is 9.80 Å². The van der Waals surface area contributed by atoms with E-state index in [2.05, 4.69) is 29.7 Å². The second-order valence-corrected chi connectivity index (χ2v) is 7.21. The number of nitrogens with zero attached hydrogens (tertiary/aromatic N) is 2. The average Bonchev–Trinajstić information content (AvgIpc) is 2.66. The van der Waals surface area contributed by atoms with E-state index in [1.165, 1.54) is 5.57 Å². The van der Waals surface area contributed by atoms with Gasteiger partial charge in [-0.25, -0.2) is 0 Å². The van der Waals surface area contributed by atoms with Gasteiger partial charge in [0.15, 0.2) is 11.5 Å². The van der Waals surface area contributed by atoms with Crippen LogP contribution in [-0.4, -0.2) is 75.1 Å². The normalized spacial score (nSPS) is 18.2. The first-order valence-corrected chi connectivity index (χ1v) is 9.51. The Hall–Kier alpha value is -1.76. The van der Waals surface area contributed by atoms with Gasteiger partial charge in [-0.15, -0.1) is 0 Å². The van der Waals surface area contributed by atoms with Crippen molar-refractivity contribution in [2.45, 2.75) is 32.9 Å². The highest BCUT2D eigenvalue weighted by molar-refractivity contribution is 5.53. The molecule has 27 heavy (non-hydrogen) atoms. The lowest BCUT2D eigenvalue weighted by Crippen LogP contribution is -2.53. The Balaban J connectivity index is 2.10. The summed E-state index contributed by atoms with van der Waals surface area (Å²) >= 11 is 0. The molecule has 1 aliphatic heterocycles. The summed E-state index contributed by atoms with van der Waals surface area (Å²) in [7, 11) is 4.89. The summed E-state index contributed by atoms with van der Waals surface area (Å²) < 4.78 is 16.3. The van der Waals surface area contributed by atoms with Gasteiger partial charge in [-0.1, -0.05) is 11.6 Å². The zero-order valence-electron chi connectivity index (χ0n) is 17.3. The Morgan fingerprint density at radius 3 is 2.30 bits per heavy atom. The summed E-state index contributed by atoms with van der Waals surface area (Å²) in [4.78, 5) is 4.90. The molecule has 1 aliphatic rings. The van der Waals surface area contributed by atoms with E-state index in [4.69, 9.17) is 14.2 Å². The zero-order valence-corrected chi connectivity index (χ0v) is 17.3. The lowest BCUT2D eigenvalue weighted by atomic mass is 10.1. The minimum absolute atomic E-state index is 0.216. The molecule has 1 N–H and O–H groups in total. The van der Waals surface area contributed by atoms with Gasteiger partial charge in [0.25, 0.3) is 0 Å². The maximum absolute atomic E-state index is 9.48. The summed E-state index contributed by atoms with van der Waals surface area (Å²) in [6.45, 7) is 9.17. The van der Waals surface area contributed by atoms with E-state index in [0.717, 1.165) is 44.7 Å². The molecule has 1 fully saturated rings. The minimum atomic E-state index is 0.216. The standard InChI is InChI=1S/C21H34N2O4/c1-16(2)6-8-23-10-9-22(15-18(23)7-11-24)14-17-12-19(25-3)21(27-5)20(13-17)26-4/h6,12-13,18,24H,7-11,14-15H2,1-5H3. The van der Waals surface area contributed by atoms with Gasteiger partial charge < -0.3 is 19.3 Å². The molecule has 0 bridgehead atoms. The highest BCUT2D eigenvalue weighted by Crippen LogP contribution is 2.38. The fourth-order valence-electron chi connectivity index (χ4n) is 3.55. The van der Waals surface area contributed by atoms with Gasteiger partial charge in [-0.2, -0.15) is 0 Å². The molecule has 2 rings (SSSR count). The lowest BCUT2D eigenvalue weighted by Gasteiger charge is -2.41. The van der Waals surface area contributed by atoms with Gasteiger partial charge in [0.2, 0.25) is 5.75 Å². The predicted octanol–water partition coefficient (Wildman–Crippen LogP) is 2.55. The van der Waals surface area contributed by atoms with Crippen molar-refractivity contribution >= 4 is 0 Å². The van der Waals surface area contributed by atoms with E-state index in [-0.39, 0.29) is 6.61 Å². The number of hydrogen-bond donors (Lipinski definition) is 1. The number of methoxy groups -OCH3 is 3. The number of allylic oxidation sites excluding steroid dienone is 1. The van der Waals surface area contributed by atoms with Crippen molar-refractivity contribution in [3.63, 3.8) is 0 Å². The molecule has 1 unspecified atom stereocenters. The quantitative estimate of drug-likeness (QED) is 0.667. The lowest BCUT2D eigenvalue weighted by molar-refractivity contribution is 0.0636. The summed E-state index contributed by atoms with van der Waals surface area (Å²) in [6.07, 6.45) is 3.06. The molecule has 1 atom stereocenters. The summed E-state index contributed by atoms with van der Waals surface area (Å²) in [5.41, 5.74) is 2.46. The molecule has 152 valence electrons. The molecule has 0 saturated carbocycles. The van der Waals surface area contributed by atoms with Gasteiger partial charge in [0, 0.05) is 45.4 Å². The van der Waals surface area contributed by atoms with Crippen LogP contribution in [0.25, 0.3) is 0 Å².